The van der Waals surface area contributed by atoms with Gasteiger partial charge in [-0.15, -0.1) is 11.3 Å². The van der Waals surface area contributed by atoms with Gasteiger partial charge in [0.05, 0.1) is 29.2 Å². The third-order valence-corrected chi connectivity index (χ3v) is 4.60. The van der Waals surface area contributed by atoms with E-state index in [2.05, 4.69) is 10.3 Å². The summed E-state index contributed by atoms with van der Waals surface area (Å²) in [5.74, 6) is 0.452. The highest BCUT2D eigenvalue weighted by Crippen LogP contribution is 2.24. The molecule has 0 saturated carbocycles. The van der Waals surface area contributed by atoms with Crippen molar-refractivity contribution >= 4 is 23.0 Å². The minimum Gasteiger partial charge on any atom is -0.467 e. The van der Waals surface area contributed by atoms with Gasteiger partial charge in [-0.2, -0.15) is 0 Å². The topological polar surface area (TPSA) is 77.1 Å². The number of rotatable bonds is 7. The van der Waals surface area contributed by atoms with Gasteiger partial charge in [0, 0.05) is 37.0 Å². The highest BCUT2D eigenvalue weighted by atomic mass is 32.1. The molecule has 0 bridgehead atoms. The second kappa shape index (κ2) is 7.48. The summed E-state index contributed by atoms with van der Waals surface area (Å²) in [5, 5.41) is 5.70. The standard InChI is InChI=1S/C18H19N3O3S/c1-12-20-15(11-25-12)13-8-16(21(2)10-13)17(22)5-6-18(23)19-9-14-4-3-7-24-14/h3-4,7-8,10-11H,5-6,9H2,1-2H3,(H,19,23). The number of nitrogens with zero attached hydrogens (tertiary/aromatic N) is 2. The zero-order chi connectivity index (χ0) is 17.8. The van der Waals surface area contributed by atoms with E-state index in [-0.39, 0.29) is 24.5 Å². The fourth-order valence-corrected chi connectivity index (χ4v) is 3.14. The Morgan fingerprint density at radius 3 is 2.88 bits per heavy atom. The smallest absolute Gasteiger partial charge is 0.220 e. The third-order valence-electron chi connectivity index (χ3n) is 3.82. The number of carbonyl (C=O) groups is 2. The van der Waals surface area contributed by atoms with Crippen molar-refractivity contribution < 1.29 is 14.0 Å². The number of thiazole rings is 1. The van der Waals surface area contributed by atoms with Crippen molar-refractivity contribution in [3.05, 3.63) is 52.5 Å². The molecular formula is C18H19N3O3S. The highest BCUT2D eigenvalue weighted by Gasteiger charge is 2.15. The monoisotopic (exact) mass is 357 g/mol. The lowest BCUT2D eigenvalue weighted by Crippen LogP contribution is -2.23. The molecule has 0 atom stereocenters. The van der Waals surface area contributed by atoms with E-state index in [9.17, 15) is 9.59 Å². The Bertz CT molecular complexity index is 877. The summed E-state index contributed by atoms with van der Waals surface area (Å²) in [5.41, 5.74) is 2.37. The molecule has 7 heteroatoms. The molecule has 0 aromatic carbocycles. The van der Waals surface area contributed by atoms with Crippen LogP contribution in [0.1, 0.15) is 34.1 Å². The zero-order valence-electron chi connectivity index (χ0n) is 14.1. The van der Waals surface area contributed by atoms with Crippen molar-refractivity contribution in [2.24, 2.45) is 7.05 Å². The molecule has 0 spiro atoms. The van der Waals surface area contributed by atoms with Gasteiger partial charge < -0.3 is 14.3 Å². The Morgan fingerprint density at radius 2 is 2.20 bits per heavy atom. The summed E-state index contributed by atoms with van der Waals surface area (Å²) in [6.45, 7) is 2.28. The predicted molar refractivity (Wildman–Crippen MR) is 95.4 cm³/mol. The van der Waals surface area contributed by atoms with Crippen LogP contribution in [-0.2, 0) is 18.4 Å². The summed E-state index contributed by atoms with van der Waals surface area (Å²) in [6.07, 6.45) is 3.76. The molecule has 0 aliphatic heterocycles. The fourth-order valence-electron chi connectivity index (χ4n) is 2.52. The van der Waals surface area contributed by atoms with Gasteiger partial charge in [-0.1, -0.05) is 0 Å². The molecule has 0 aliphatic rings. The van der Waals surface area contributed by atoms with E-state index in [1.165, 1.54) is 0 Å². The minimum absolute atomic E-state index is 0.0612. The summed E-state index contributed by atoms with van der Waals surface area (Å²) < 4.78 is 6.94. The quantitative estimate of drug-likeness (QED) is 0.658. The molecule has 3 aromatic heterocycles. The molecule has 6 nitrogen and oxygen atoms in total. The first kappa shape index (κ1) is 17.2. The Morgan fingerprint density at radius 1 is 1.36 bits per heavy atom. The maximum atomic E-state index is 12.4. The predicted octanol–water partition coefficient (Wildman–Crippen LogP) is 3.33. The van der Waals surface area contributed by atoms with Crippen LogP contribution >= 0.6 is 11.3 Å². The third kappa shape index (κ3) is 4.24. The Hall–Kier alpha value is -2.67. The number of Topliss-reactive ketones (excluding diaryl/α,β-unsaturated/α-hetero) is 1. The molecular weight excluding hydrogens is 338 g/mol. The van der Waals surface area contributed by atoms with Crippen LogP contribution < -0.4 is 5.32 Å². The second-order valence-electron chi connectivity index (χ2n) is 5.76. The normalized spacial score (nSPS) is 10.8. The average molecular weight is 357 g/mol. The van der Waals surface area contributed by atoms with Gasteiger partial charge in [-0.3, -0.25) is 9.59 Å². The van der Waals surface area contributed by atoms with E-state index in [1.54, 1.807) is 34.3 Å². The van der Waals surface area contributed by atoms with E-state index in [0.717, 1.165) is 16.3 Å². The minimum atomic E-state index is -0.172. The number of aryl methyl sites for hydroxylation is 2. The first-order valence-electron chi connectivity index (χ1n) is 7.94. The van der Waals surface area contributed by atoms with Crippen molar-refractivity contribution in [2.45, 2.75) is 26.3 Å². The molecule has 0 saturated heterocycles. The van der Waals surface area contributed by atoms with Gasteiger partial charge in [-0.25, -0.2) is 4.98 Å². The molecule has 0 aliphatic carbocycles. The Kier molecular flexibility index (Phi) is 5.14. The van der Waals surface area contributed by atoms with Gasteiger partial charge in [0.25, 0.3) is 0 Å². The van der Waals surface area contributed by atoms with Crippen molar-refractivity contribution in [1.82, 2.24) is 14.9 Å². The number of ketones is 1. The Labute approximate surface area is 149 Å². The lowest BCUT2D eigenvalue weighted by Gasteiger charge is -2.04. The average Bonchev–Trinajstić information content (AvgIpc) is 3.31. The van der Waals surface area contributed by atoms with Crippen LogP contribution in [0.25, 0.3) is 11.3 Å². The first-order valence-corrected chi connectivity index (χ1v) is 8.82. The molecule has 0 radical (unpaired) electrons. The van der Waals surface area contributed by atoms with Crippen LogP contribution in [0.2, 0.25) is 0 Å². The van der Waals surface area contributed by atoms with Crippen LogP contribution in [0.3, 0.4) is 0 Å². The van der Waals surface area contributed by atoms with Crippen LogP contribution in [0.15, 0.2) is 40.5 Å². The zero-order valence-corrected chi connectivity index (χ0v) is 14.9. The van der Waals surface area contributed by atoms with Gasteiger partial charge in [0.15, 0.2) is 5.78 Å². The van der Waals surface area contributed by atoms with E-state index in [4.69, 9.17) is 4.42 Å². The fraction of sp³-hybridized carbons (Fsp3) is 0.278. The van der Waals surface area contributed by atoms with Gasteiger partial charge >= 0.3 is 0 Å². The number of amides is 1. The summed E-state index contributed by atoms with van der Waals surface area (Å²) in [4.78, 5) is 28.7. The van der Waals surface area contributed by atoms with Crippen molar-refractivity contribution in [3.63, 3.8) is 0 Å². The molecule has 1 amide bonds. The van der Waals surface area contributed by atoms with E-state index < -0.39 is 0 Å². The van der Waals surface area contributed by atoms with Crippen molar-refractivity contribution in [3.8, 4) is 11.3 Å². The number of furan rings is 1. The molecule has 25 heavy (non-hydrogen) atoms. The number of aromatic nitrogens is 2. The van der Waals surface area contributed by atoms with E-state index >= 15 is 0 Å². The van der Waals surface area contributed by atoms with Crippen molar-refractivity contribution in [2.75, 3.05) is 0 Å². The van der Waals surface area contributed by atoms with Gasteiger partial charge in [-0.05, 0) is 25.1 Å². The largest absolute Gasteiger partial charge is 0.467 e. The highest BCUT2D eigenvalue weighted by molar-refractivity contribution is 7.09. The first-order chi connectivity index (χ1) is 12.0. The lowest BCUT2D eigenvalue weighted by atomic mass is 10.1. The van der Waals surface area contributed by atoms with Gasteiger partial charge in [0.2, 0.25) is 5.91 Å². The van der Waals surface area contributed by atoms with Crippen LogP contribution in [-0.4, -0.2) is 21.2 Å². The molecule has 3 heterocycles. The van der Waals surface area contributed by atoms with Gasteiger partial charge in [0.1, 0.15) is 5.76 Å². The number of hydrogen-bond acceptors (Lipinski definition) is 5. The molecule has 0 unspecified atom stereocenters. The maximum Gasteiger partial charge on any atom is 0.220 e. The summed E-state index contributed by atoms with van der Waals surface area (Å²) in [6, 6.07) is 5.39. The second-order valence-corrected chi connectivity index (χ2v) is 6.82. The molecule has 0 fully saturated rings. The molecule has 1 N–H and O–H groups in total. The van der Waals surface area contributed by atoms with Crippen LogP contribution in [0.5, 0.6) is 0 Å². The summed E-state index contributed by atoms with van der Waals surface area (Å²) in [7, 11) is 1.83. The maximum absolute atomic E-state index is 12.4. The Balaban J connectivity index is 1.56. The SMILES string of the molecule is Cc1nc(-c2cc(C(=O)CCC(=O)NCc3ccco3)n(C)c2)cs1. The number of nitrogens with one attached hydrogen (secondary N) is 1. The van der Waals surface area contributed by atoms with Crippen LogP contribution in [0, 0.1) is 6.92 Å². The summed E-state index contributed by atoms with van der Waals surface area (Å²) >= 11 is 1.58. The van der Waals surface area contributed by atoms with E-state index in [0.29, 0.717) is 18.0 Å². The molecule has 3 rings (SSSR count). The lowest BCUT2D eigenvalue weighted by molar-refractivity contribution is -0.121. The number of hydrogen-bond donors (Lipinski definition) is 1. The number of carbonyl (C=O) groups excluding carboxylic acids is 2. The van der Waals surface area contributed by atoms with Crippen LogP contribution in [0.4, 0.5) is 0 Å². The van der Waals surface area contributed by atoms with E-state index in [1.807, 2.05) is 31.6 Å². The molecule has 3 aromatic rings. The van der Waals surface area contributed by atoms with Crippen molar-refractivity contribution in [1.29, 1.82) is 0 Å². The molecule has 130 valence electrons.